The van der Waals surface area contributed by atoms with Gasteiger partial charge in [0.2, 0.25) is 0 Å². The summed E-state index contributed by atoms with van der Waals surface area (Å²) in [5.41, 5.74) is 1.84. The van der Waals surface area contributed by atoms with Gasteiger partial charge in [-0.3, -0.25) is 0 Å². The zero-order valence-corrected chi connectivity index (χ0v) is 16.2. The Balaban J connectivity index is 2.00. The van der Waals surface area contributed by atoms with Crippen LogP contribution in [0.5, 0.6) is 0 Å². The SMILES string of the molecule is CC(C)CCC[C@@H](C)[C@H]1CC[C@H]2C(C#CCCC#N)=CCC[C@]12C. The molecule has 1 heteroatoms. The van der Waals surface area contributed by atoms with E-state index in [-0.39, 0.29) is 0 Å². The maximum Gasteiger partial charge on any atom is 0.0631 e. The lowest BCUT2D eigenvalue weighted by Gasteiger charge is -2.42. The van der Waals surface area contributed by atoms with Gasteiger partial charge in [-0.15, -0.1) is 0 Å². The van der Waals surface area contributed by atoms with Crippen molar-refractivity contribution in [2.45, 2.75) is 85.5 Å². The lowest BCUT2D eigenvalue weighted by molar-refractivity contribution is 0.108. The van der Waals surface area contributed by atoms with Crippen molar-refractivity contribution in [1.82, 2.24) is 0 Å². The Labute approximate surface area is 149 Å². The van der Waals surface area contributed by atoms with E-state index in [1.54, 1.807) is 0 Å². The zero-order chi connectivity index (χ0) is 17.6. The molecule has 0 saturated heterocycles. The molecule has 0 bridgehead atoms. The van der Waals surface area contributed by atoms with Crippen LogP contribution in [0.1, 0.15) is 85.5 Å². The minimum atomic E-state index is 0.450. The van der Waals surface area contributed by atoms with Crippen LogP contribution in [0.15, 0.2) is 11.6 Å². The molecule has 1 nitrogen and oxygen atoms in total. The van der Waals surface area contributed by atoms with Crippen LogP contribution in [0.2, 0.25) is 0 Å². The van der Waals surface area contributed by atoms with Crippen LogP contribution >= 0.6 is 0 Å². The van der Waals surface area contributed by atoms with Gasteiger partial charge in [-0.1, -0.05) is 64.9 Å². The van der Waals surface area contributed by atoms with Crippen LogP contribution in [-0.4, -0.2) is 0 Å². The van der Waals surface area contributed by atoms with Crippen molar-refractivity contribution in [3.8, 4) is 17.9 Å². The second-order valence-electron chi connectivity index (χ2n) is 8.70. The molecule has 0 unspecified atom stereocenters. The Hall–Kier alpha value is -1.21. The third-order valence-electron chi connectivity index (χ3n) is 6.55. The van der Waals surface area contributed by atoms with E-state index in [1.807, 2.05) is 0 Å². The Morgan fingerprint density at radius 1 is 1.21 bits per heavy atom. The molecule has 0 radical (unpaired) electrons. The number of hydrogen-bond donors (Lipinski definition) is 0. The van der Waals surface area contributed by atoms with Crippen LogP contribution in [-0.2, 0) is 0 Å². The second kappa shape index (κ2) is 8.76. The van der Waals surface area contributed by atoms with Crippen molar-refractivity contribution >= 4 is 0 Å². The van der Waals surface area contributed by atoms with E-state index in [9.17, 15) is 0 Å². The number of nitrogens with zero attached hydrogens (tertiary/aromatic N) is 1. The lowest BCUT2D eigenvalue weighted by Crippen LogP contribution is -2.35. The standard InChI is InChI=1S/C23H35N/c1-18(2)10-8-11-19(3)21-14-15-22-20(12-6-5-7-17-24)13-9-16-23(21,22)4/h13,18-19,21-22H,5,7-11,14-16H2,1-4H3/t19-,21-,22+,23-/m1/s1. The molecule has 2 aliphatic rings. The zero-order valence-electron chi connectivity index (χ0n) is 16.2. The predicted molar refractivity (Wildman–Crippen MR) is 102 cm³/mol. The van der Waals surface area contributed by atoms with Crippen molar-refractivity contribution < 1.29 is 0 Å². The van der Waals surface area contributed by atoms with Crippen LogP contribution in [0.3, 0.4) is 0 Å². The molecule has 132 valence electrons. The van der Waals surface area contributed by atoms with E-state index in [1.165, 1.54) is 50.5 Å². The van der Waals surface area contributed by atoms with E-state index >= 15 is 0 Å². The van der Waals surface area contributed by atoms with Crippen LogP contribution in [0, 0.1) is 52.3 Å². The predicted octanol–water partition coefficient (Wildman–Crippen LogP) is 6.51. The average Bonchev–Trinajstić information content (AvgIpc) is 2.89. The first-order valence-corrected chi connectivity index (χ1v) is 10.0. The van der Waals surface area contributed by atoms with Gasteiger partial charge in [-0.2, -0.15) is 5.26 Å². The van der Waals surface area contributed by atoms with Gasteiger partial charge in [-0.05, 0) is 54.8 Å². The topological polar surface area (TPSA) is 23.8 Å². The molecule has 0 spiro atoms. The molecule has 1 saturated carbocycles. The van der Waals surface area contributed by atoms with Gasteiger partial charge in [0, 0.05) is 18.4 Å². The Kier molecular flexibility index (Phi) is 6.98. The van der Waals surface area contributed by atoms with Crippen molar-refractivity contribution in [2.75, 3.05) is 0 Å². The molecule has 0 aromatic heterocycles. The maximum atomic E-state index is 8.66. The van der Waals surface area contributed by atoms with E-state index < -0.39 is 0 Å². The summed E-state index contributed by atoms with van der Waals surface area (Å²) in [5, 5.41) is 8.66. The number of allylic oxidation sites excluding steroid dienone is 2. The molecule has 0 amide bonds. The molecular weight excluding hydrogens is 290 g/mol. The second-order valence-corrected chi connectivity index (χ2v) is 8.70. The average molecular weight is 326 g/mol. The Morgan fingerprint density at radius 2 is 2.00 bits per heavy atom. The fraction of sp³-hybridized carbons (Fsp3) is 0.783. The van der Waals surface area contributed by atoms with Gasteiger partial charge < -0.3 is 0 Å². The fourth-order valence-corrected chi connectivity index (χ4v) is 5.22. The van der Waals surface area contributed by atoms with Crippen molar-refractivity contribution in [1.29, 1.82) is 5.26 Å². The molecule has 0 aromatic carbocycles. The quantitative estimate of drug-likeness (QED) is 0.403. The van der Waals surface area contributed by atoms with Gasteiger partial charge in [0.1, 0.15) is 0 Å². The van der Waals surface area contributed by atoms with Crippen LogP contribution < -0.4 is 0 Å². The molecule has 0 N–H and O–H groups in total. The first kappa shape index (κ1) is 19.1. The van der Waals surface area contributed by atoms with Gasteiger partial charge >= 0.3 is 0 Å². The molecular formula is C23H35N. The number of unbranched alkanes of at least 4 members (excludes halogenated alkanes) is 1. The van der Waals surface area contributed by atoms with Crippen molar-refractivity contribution in [3.63, 3.8) is 0 Å². The smallest absolute Gasteiger partial charge is 0.0631 e. The number of hydrogen-bond acceptors (Lipinski definition) is 1. The van der Waals surface area contributed by atoms with Crippen molar-refractivity contribution in [3.05, 3.63) is 11.6 Å². The number of fused-ring (bicyclic) bond motifs is 1. The molecule has 0 aromatic rings. The monoisotopic (exact) mass is 325 g/mol. The van der Waals surface area contributed by atoms with Gasteiger partial charge in [0.25, 0.3) is 0 Å². The van der Waals surface area contributed by atoms with Crippen molar-refractivity contribution in [2.24, 2.45) is 29.1 Å². The fourth-order valence-electron chi connectivity index (χ4n) is 5.22. The maximum absolute atomic E-state index is 8.66. The third kappa shape index (κ3) is 4.45. The Bertz CT molecular complexity index is 539. The molecule has 4 atom stereocenters. The van der Waals surface area contributed by atoms with E-state index in [0.717, 1.165) is 17.8 Å². The first-order valence-electron chi connectivity index (χ1n) is 10.0. The third-order valence-corrected chi connectivity index (χ3v) is 6.55. The summed E-state index contributed by atoms with van der Waals surface area (Å²) in [7, 11) is 0. The molecule has 2 rings (SSSR count). The normalized spacial score (nSPS) is 30.1. The lowest BCUT2D eigenvalue weighted by atomic mass is 9.62. The number of nitriles is 1. The molecule has 2 aliphatic carbocycles. The molecule has 24 heavy (non-hydrogen) atoms. The van der Waals surface area contributed by atoms with Crippen LogP contribution in [0.4, 0.5) is 0 Å². The van der Waals surface area contributed by atoms with Crippen LogP contribution in [0.25, 0.3) is 0 Å². The first-order chi connectivity index (χ1) is 11.5. The van der Waals surface area contributed by atoms with Gasteiger partial charge in [-0.25, -0.2) is 0 Å². The summed E-state index contributed by atoms with van der Waals surface area (Å²) in [5.74, 6) is 9.86. The summed E-state index contributed by atoms with van der Waals surface area (Å²) < 4.78 is 0. The van der Waals surface area contributed by atoms with E-state index in [2.05, 4.69) is 51.7 Å². The van der Waals surface area contributed by atoms with Gasteiger partial charge in [0.15, 0.2) is 0 Å². The summed E-state index contributed by atoms with van der Waals surface area (Å²) in [6.07, 6.45) is 13.0. The highest BCUT2D eigenvalue weighted by molar-refractivity contribution is 5.35. The summed E-state index contributed by atoms with van der Waals surface area (Å²) in [6, 6.07) is 2.19. The molecule has 0 heterocycles. The van der Waals surface area contributed by atoms with Gasteiger partial charge in [0.05, 0.1) is 6.07 Å². The molecule has 1 fully saturated rings. The highest BCUT2D eigenvalue weighted by Crippen LogP contribution is 2.58. The highest BCUT2D eigenvalue weighted by atomic mass is 14.5. The highest BCUT2D eigenvalue weighted by Gasteiger charge is 2.49. The number of rotatable bonds is 6. The minimum absolute atomic E-state index is 0.450. The van der Waals surface area contributed by atoms with E-state index in [0.29, 0.717) is 24.2 Å². The summed E-state index contributed by atoms with van der Waals surface area (Å²) in [4.78, 5) is 0. The summed E-state index contributed by atoms with van der Waals surface area (Å²) >= 11 is 0. The molecule has 0 aliphatic heterocycles. The Morgan fingerprint density at radius 3 is 2.71 bits per heavy atom. The minimum Gasteiger partial charge on any atom is -0.198 e. The van der Waals surface area contributed by atoms with E-state index in [4.69, 9.17) is 5.26 Å². The largest absolute Gasteiger partial charge is 0.198 e. The summed E-state index contributed by atoms with van der Waals surface area (Å²) in [6.45, 7) is 9.70.